The minimum atomic E-state index is -0.528. The third-order valence-corrected chi connectivity index (χ3v) is 4.28. The second kappa shape index (κ2) is 4.23. The minimum Gasteiger partial charge on any atom is -0.487 e. The van der Waals surface area contributed by atoms with Crippen LogP contribution in [0.15, 0.2) is 18.2 Å². The Balaban J connectivity index is 1.94. The molecule has 1 aliphatic heterocycles. The molecule has 1 N–H and O–H groups in total. The fraction of sp³-hybridized carbons (Fsp3) is 0.600. The molecule has 0 aromatic heterocycles. The van der Waals surface area contributed by atoms with Gasteiger partial charge in [0.1, 0.15) is 17.2 Å². The third-order valence-electron chi connectivity index (χ3n) is 4.28. The van der Waals surface area contributed by atoms with Gasteiger partial charge in [0.15, 0.2) is 0 Å². The smallest absolute Gasteiger partial charge is 0.128 e. The van der Waals surface area contributed by atoms with E-state index < -0.39 is 6.10 Å². The molecular formula is C15H19FO2. The number of hydrogen-bond donors (Lipinski definition) is 1. The molecule has 0 saturated heterocycles. The van der Waals surface area contributed by atoms with Crippen LogP contribution in [-0.4, -0.2) is 10.7 Å². The molecule has 1 saturated carbocycles. The Labute approximate surface area is 107 Å². The van der Waals surface area contributed by atoms with E-state index in [2.05, 4.69) is 6.92 Å². The Bertz CT molecular complexity index is 460. The molecule has 3 heteroatoms. The summed E-state index contributed by atoms with van der Waals surface area (Å²) < 4.78 is 19.4. The predicted octanol–water partition coefficient (Wildman–Crippen LogP) is 3.59. The highest BCUT2D eigenvalue weighted by Crippen LogP contribution is 2.47. The lowest BCUT2D eigenvalue weighted by molar-refractivity contribution is -0.0498. The standard InChI is InChI=1S/C15H19FO2/c1-10-3-2-6-15(8-10)9-13(17)12-5-4-11(16)7-14(12)18-15/h4-5,7,10,13,17H,2-3,6,8-9H2,1H3/t10?,13-,15?/m0/s1. The summed E-state index contributed by atoms with van der Waals surface area (Å²) in [4.78, 5) is 0. The summed E-state index contributed by atoms with van der Waals surface area (Å²) in [6, 6.07) is 4.42. The van der Waals surface area contributed by atoms with Crippen LogP contribution in [0, 0.1) is 11.7 Å². The fourth-order valence-electron chi connectivity index (χ4n) is 3.50. The summed E-state index contributed by atoms with van der Waals surface area (Å²) in [5, 5.41) is 10.3. The quantitative estimate of drug-likeness (QED) is 0.762. The van der Waals surface area contributed by atoms with Gasteiger partial charge in [-0.25, -0.2) is 4.39 Å². The number of halogens is 1. The Morgan fingerprint density at radius 3 is 3.00 bits per heavy atom. The molecule has 0 radical (unpaired) electrons. The average Bonchev–Trinajstić information content (AvgIpc) is 2.27. The molecule has 3 atom stereocenters. The van der Waals surface area contributed by atoms with Crippen LogP contribution in [0.4, 0.5) is 4.39 Å². The topological polar surface area (TPSA) is 29.5 Å². The van der Waals surface area contributed by atoms with Crippen molar-refractivity contribution in [2.75, 3.05) is 0 Å². The highest BCUT2D eigenvalue weighted by molar-refractivity contribution is 5.38. The number of aliphatic hydroxyl groups is 1. The van der Waals surface area contributed by atoms with Gasteiger partial charge in [-0.15, -0.1) is 0 Å². The number of fused-ring (bicyclic) bond motifs is 1. The maximum absolute atomic E-state index is 13.3. The van der Waals surface area contributed by atoms with Gasteiger partial charge in [0, 0.05) is 18.1 Å². The molecule has 1 aromatic rings. The molecule has 3 rings (SSSR count). The molecule has 1 aliphatic carbocycles. The van der Waals surface area contributed by atoms with Crippen LogP contribution in [0.2, 0.25) is 0 Å². The molecule has 2 nitrogen and oxygen atoms in total. The van der Waals surface area contributed by atoms with Gasteiger partial charge >= 0.3 is 0 Å². The Hall–Kier alpha value is -1.09. The lowest BCUT2D eigenvalue weighted by Crippen LogP contribution is -2.44. The van der Waals surface area contributed by atoms with E-state index in [-0.39, 0.29) is 11.4 Å². The van der Waals surface area contributed by atoms with E-state index in [1.165, 1.54) is 18.6 Å². The Morgan fingerprint density at radius 2 is 2.22 bits per heavy atom. The minimum absolute atomic E-state index is 0.280. The predicted molar refractivity (Wildman–Crippen MR) is 67.0 cm³/mol. The summed E-state index contributed by atoms with van der Waals surface area (Å²) in [5.74, 6) is 0.839. The molecule has 98 valence electrons. The lowest BCUT2D eigenvalue weighted by Gasteiger charge is -2.45. The van der Waals surface area contributed by atoms with Crippen molar-refractivity contribution in [3.05, 3.63) is 29.6 Å². The number of benzene rings is 1. The molecular weight excluding hydrogens is 231 g/mol. The van der Waals surface area contributed by atoms with E-state index in [0.717, 1.165) is 24.8 Å². The second-order valence-corrected chi connectivity index (χ2v) is 5.89. The first-order valence-corrected chi connectivity index (χ1v) is 6.74. The van der Waals surface area contributed by atoms with E-state index in [0.29, 0.717) is 18.1 Å². The first-order chi connectivity index (χ1) is 8.58. The van der Waals surface area contributed by atoms with Gasteiger partial charge in [-0.2, -0.15) is 0 Å². The molecule has 1 fully saturated rings. The highest BCUT2D eigenvalue weighted by atomic mass is 19.1. The van der Waals surface area contributed by atoms with Gasteiger partial charge in [0.2, 0.25) is 0 Å². The number of rotatable bonds is 0. The van der Waals surface area contributed by atoms with Crippen LogP contribution in [-0.2, 0) is 0 Å². The van der Waals surface area contributed by atoms with Crippen LogP contribution in [0.1, 0.15) is 50.7 Å². The van der Waals surface area contributed by atoms with Gasteiger partial charge in [-0.3, -0.25) is 0 Å². The van der Waals surface area contributed by atoms with Crippen molar-refractivity contribution >= 4 is 0 Å². The van der Waals surface area contributed by atoms with E-state index in [4.69, 9.17) is 4.74 Å². The van der Waals surface area contributed by atoms with Gasteiger partial charge < -0.3 is 9.84 Å². The number of ether oxygens (including phenoxy) is 1. The summed E-state index contributed by atoms with van der Waals surface area (Å²) in [7, 11) is 0. The molecule has 1 spiro atoms. The largest absolute Gasteiger partial charge is 0.487 e. The Morgan fingerprint density at radius 1 is 1.39 bits per heavy atom. The maximum atomic E-state index is 13.3. The molecule has 1 heterocycles. The van der Waals surface area contributed by atoms with Crippen molar-refractivity contribution < 1.29 is 14.2 Å². The van der Waals surface area contributed by atoms with Crippen LogP contribution in [0.25, 0.3) is 0 Å². The van der Waals surface area contributed by atoms with Gasteiger partial charge in [0.25, 0.3) is 0 Å². The molecule has 1 aromatic carbocycles. The zero-order valence-corrected chi connectivity index (χ0v) is 10.7. The van der Waals surface area contributed by atoms with Crippen molar-refractivity contribution in [2.24, 2.45) is 5.92 Å². The normalized spacial score (nSPS) is 35.1. The number of aliphatic hydroxyl groups excluding tert-OH is 1. The van der Waals surface area contributed by atoms with Crippen LogP contribution >= 0.6 is 0 Å². The maximum Gasteiger partial charge on any atom is 0.128 e. The molecule has 18 heavy (non-hydrogen) atoms. The van der Waals surface area contributed by atoms with Crippen LogP contribution in [0.5, 0.6) is 5.75 Å². The van der Waals surface area contributed by atoms with Gasteiger partial charge in [0.05, 0.1) is 6.10 Å². The molecule has 2 unspecified atom stereocenters. The first kappa shape index (κ1) is 12.0. The van der Waals surface area contributed by atoms with Crippen molar-refractivity contribution in [3.8, 4) is 5.75 Å². The molecule has 2 aliphatic rings. The Kier molecular flexibility index (Phi) is 2.81. The molecule has 0 bridgehead atoms. The zero-order valence-electron chi connectivity index (χ0n) is 10.7. The SMILES string of the molecule is CC1CCCC2(C1)C[C@H](O)c1ccc(F)cc1O2. The van der Waals surface area contributed by atoms with E-state index >= 15 is 0 Å². The lowest BCUT2D eigenvalue weighted by atomic mass is 9.74. The zero-order chi connectivity index (χ0) is 12.8. The second-order valence-electron chi connectivity index (χ2n) is 5.89. The van der Waals surface area contributed by atoms with Gasteiger partial charge in [-0.1, -0.05) is 13.3 Å². The van der Waals surface area contributed by atoms with Crippen LogP contribution in [0.3, 0.4) is 0 Å². The monoisotopic (exact) mass is 250 g/mol. The molecule has 0 amide bonds. The van der Waals surface area contributed by atoms with Crippen molar-refractivity contribution in [1.29, 1.82) is 0 Å². The first-order valence-electron chi connectivity index (χ1n) is 6.74. The van der Waals surface area contributed by atoms with Crippen LogP contribution < -0.4 is 4.74 Å². The number of hydrogen-bond acceptors (Lipinski definition) is 2. The summed E-state index contributed by atoms with van der Waals surface area (Å²) in [5.41, 5.74) is 0.443. The van der Waals surface area contributed by atoms with Crippen molar-refractivity contribution in [1.82, 2.24) is 0 Å². The summed E-state index contributed by atoms with van der Waals surface area (Å²) in [6.45, 7) is 2.22. The highest BCUT2D eigenvalue weighted by Gasteiger charge is 2.43. The van der Waals surface area contributed by atoms with E-state index in [1.54, 1.807) is 6.07 Å². The summed E-state index contributed by atoms with van der Waals surface area (Å²) in [6.07, 6.45) is 4.37. The van der Waals surface area contributed by atoms with Crippen molar-refractivity contribution in [2.45, 2.75) is 50.7 Å². The van der Waals surface area contributed by atoms with E-state index in [9.17, 15) is 9.50 Å². The van der Waals surface area contributed by atoms with Crippen molar-refractivity contribution in [3.63, 3.8) is 0 Å². The van der Waals surface area contributed by atoms with Gasteiger partial charge in [-0.05, 0) is 37.3 Å². The summed E-state index contributed by atoms with van der Waals surface area (Å²) >= 11 is 0. The third kappa shape index (κ3) is 2.01. The van der Waals surface area contributed by atoms with E-state index in [1.807, 2.05) is 0 Å². The average molecular weight is 250 g/mol. The fourth-order valence-corrected chi connectivity index (χ4v) is 3.50.